The van der Waals surface area contributed by atoms with Crippen molar-refractivity contribution in [3.05, 3.63) is 18.0 Å². The van der Waals surface area contributed by atoms with E-state index in [0.29, 0.717) is 24.0 Å². The number of hydrogen-bond acceptors (Lipinski definition) is 5. The van der Waals surface area contributed by atoms with Crippen LogP contribution in [0.2, 0.25) is 0 Å². The molecule has 0 radical (unpaired) electrons. The van der Waals surface area contributed by atoms with Crippen LogP contribution in [0.4, 0.5) is 0 Å². The van der Waals surface area contributed by atoms with Crippen LogP contribution in [0.5, 0.6) is 0 Å². The Hall–Kier alpha value is -1.69. The van der Waals surface area contributed by atoms with Crippen molar-refractivity contribution in [2.24, 2.45) is 40.9 Å². The number of fused-ring (bicyclic) bond motifs is 5. The van der Waals surface area contributed by atoms with Gasteiger partial charge in [0, 0.05) is 12.1 Å². The highest BCUT2D eigenvalue weighted by Crippen LogP contribution is 2.64. The predicted molar refractivity (Wildman–Crippen MR) is 124 cm³/mol. The molecule has 4 saturated carbocycles. The summed E-state index contributed by atoms with van der Waals surface area (Å²) in [5, 5.41) is 14.9. The van der Waals surface area contributed by atoms with E-state index in [1.165, 1.54) is 31.9 Å². The van der Waals surface area contributed by atoms with E-state index < -0.39 is 5.60 Å². The summed E-state index contributed by atoms with van der Waals surface area (Å²) in [7, 11) is 0. The number of ether oxygens (including phenoxy) is 1. The highest BCUT2D eigenvalue weighted by atomic mass is 16.5. The van der Waals surface area contributed by atoms with Gasteiger partial charge in [0.25, 0.3) is 0 Å². The molecule has 0 amide bonds. The zero-order valence-electron chi connectivity index (χ0n) is 20.5. The molecule has 182 valence electrons. The summed E-state index contributed by atoms with van der Waals surface area (Å²) < 4.78 is 6.65. The minimum absolute atomic E-state index is 0.0857. The molecule has 1 heterocycles. The van der Waals surface area contributed by atoms with E-state index in [4.69, 9.17) is 4.74 Å². The SMILES string of the molecule is CCOC(=O)c1cnn(CC(=O)[C@H]2CC[C@H]3[C@@H]4CC[C@@H]5C[C@](C)(O)CC[C@@H]5[C@H]4CC[C@]23C)c1. The molecule has 0 bridgehead atoms. The van der Waals surface area contributed by atoms with Crippen molar-refractivity contribution in [1.82, 2.24) is 9.78 Å². The molecular weight excluding hydrogens is 416 g/mol. The Kier molecular flexibility index (Phi) is 5.95. The Morgan fingerprint density at radius 3 is 2.67 bits per heavy atom. The van der Waals surface area contributed by atoms with Gasteiger partial charge in [0.15, 0.2) is 5.78 Å². The summed E-state index contributed by atoms with van der Waals surface area (Å²) in [4.78, 5) is 25.4. The average Bonchev–Trinajstić information content (AvgIpc) is 3.37. The third-order valence-electron chi connectivity index (χ3n) is 10.1. The number of aliphatic hydroxyl groups is 1. The number of hydrogen-bond donors (Lipinski definition) is 1. The lowest BCUT2D eigenvalue weighted by Crippen LogP contribution is -2.51. The second-order valence-corrected chi connectivity index (χ2v) is 12.0. The summed E-state index contributed by atoms with van der Waals surface area (Å²) in [6, 6.07) is 0. The van der Waals surface area contributed by atoms with Gasteiger partial charge in [-0.15, -0.1) is 0 Å². The highest BCUT2D eigenvalue weighted by Gasteiger charge is 2.58. The van der Waals surface area contributed by atoms with Gasteiger partial charge in [0.05, 0.1) is 30.5 Å². The minimum atomic E-state index is -0.471. The van der Waals surface area contributed by atoms with Gasteiger partial charge >= 0.3 is 5.97 Å². The van der Waals surface area contributed by atoms with Crippen LogP contribution in [0.25, 0.3) is 0 Å². The monoisotopic (exact) mass is 456 g/mol. The predicted octanol–water partition coefficient (Wildman–Crippen LogP) is 4.65. The summed E-state index contributed by atoms with van der Waals surface area (Å²) in [5.41, 5.74) is 0.0215. The molecule has 1 aromatic rings. The minimum Gasteiger partial charge on any atom is -0.462 e. The number of rotatable bonds is 5. The number of aromatic nitrogens is 2. The maximum atomic E-state index is 13.4. The normalized spacial score (nSPS) is 42.2. The molecular formula is C27H40N2O4. The van der Waals surface area contributed by atoms with Crippen LogP contribution in [0.1, 0.15) is 88.9 Å². The average molecular weight is 457 g/mol. The van der Waals surface area contributed by atoms with Crippen LogP contribution < -0.4 is 0 Å². The molecule has 6 nitrogen and oxygen atoms in total. The lowest BCUT2D eigenvalue weighted by Gasteiger charge is -2.56. The van der Waals surface area contributed by atoms with Gasteiger partial charge in [-0.1, -0.05) is 6.92 Å². The van der Waals surface area contributed by atoms with Gasteiger partial charge < -0.3 is 9.84 Å². The zero-order valence-corrected chi connectivity index (χ0v) is 20.5. The highest BCUT2D eigenvalue weighted by molar-refractivity contribution is 5.89. The van der Waals surface area contributed by atoms with Gasteiger partial charge in [0.2, 0.25) is 0 Å². The maximum Gasteiger partial charge on any atom is 0.341 e. The summed E-state index contributed by atoms with van der Waals surface area (Å²) in [6.45, 7) is 6.75. The second-order valence-electron chi connectivity index (χ2n) is 12.0. The van der Waals surface area contributed by atoms with Gasteiger partial charge in [-0.05, 0) is 107 Å². The molecule has 0 aliphatic heterocycles. The van der Waals surface area contributed by atoms with Crippen LogP contribution >= 0.6 is 0 Å². The van der Waals surface area contributed by atoms with E-state index in [0.717, 1.165) is 49.9 Å². The van der Waals surface area contributed by atoms with Crippen LogP contribution in [0.15, 0.2) is 12.4 Å². The van der Waals surface area contributed by atoms with E-state index in [-0.39, 0.29) is 29.6 Å². The van der Waals surface area contributed by atoms with E-state index in [2.05, 4.69) is 12.0 Å². The Bertz CT molecular complexity index is 908. The molecule has 4 aliphatic rings. The fraction of sp³-hybridized carbons (Fsp3) is 0.815. The van der Waals surface area contributed by atoms with Crippen LogP contribution in [-0.4, -0.2) is 38.8 Å². The van der Waals surface area contributed by atoms with Crippen molar-refractivity contribution in [3.8, 4) is 0 Å². The summed E-state index contributed by atoms with van der Waals surface area (Å²) in [5.74, 6) is 3.59. The maximum absolute atomic E-state index is 13.4. The van der Waals surface area contributed by atoms with E-state index in [1.807, 2.05) is 6.92 Å². The van der Waals surface area contributed by atoms with Gasteiger partial charge in [-0.25, -0.2) is 4.79 Å². The first-order valence-electron chi connectivity index (χ1n) is 13.2. The number of carbonyl (C=O) groups excluding carboxylic acids is 2. The molecule has 4 aliphatic carbocycles. The van der Waals surface area contributed by atoms with Gasteiger partial charge in [-0.3, -0.25) is 9.48 Å². The van der Waals surface area contributed by atoms with Crippen molar-refractivity contribution >= 4 is 11.8 Å². The quantitative estimate of drug-likeness (QED) is 0.653. The lowest BCUT2D eigenvalue weighted by molar-refractivity contribution is -0.133. The van der Waals surface area contributed by atoms with E-state index in [1.54, 1.807) is 17.8 Å². The van der Waals surface area contributed by atoms with Crippen molar-refractivity contribution in [1.29, 1.82) is 0 Å². The van der Waals surface area contributed by atoms with E-state index in [9.17, 15) is 14.7 Å². The number of nitrogens with zero attached hydrogens (tertiary/aromatic N) is 2. The first-order chi connectivity index (χ1) is 15.7. The third-order valence-corrected chi connectivity index (χ3v) is 10.1. The van der Waals surface area contributed by atoms with Crippen LogP contribution in [-0.2, 0) is 16.1 Å². The van der Waals surface area contributed by atoms with Crippen molar-refractivity contribution in [2.75, 3.05) is 6.61 Å². The number of esters is 1. The molecule has 33 heavy (non-hydrogen) atoms. The van der Waals surface area contributed by atoms with Crippen molar-refractivity contribution < 1.29 is 19.4 Å². The Balaban J connectivity index is 1.26. The number of ketones is 1. The molecule has 0 unspecified atom stereocenters. The van der Waals surface area contributed by atoms with Crippen LogP contribution in [0.3, 0.4) is 0 Å². The van der Waals surface area contributed by atoms with Crippen molar-refractivity contribution in [2.45, 2.75) is 90.7 Å². The lowest BCUT2D eigenvalue weighted by atomic mass is 9.49. The van der Waals surface area contributed by atoms with Crippen LogP contribution in [0, 0.1) is 40.9 Å². The number of Topliss-reactive ketones (excluding diaryl/α,β-unsaturated/α-hetero) is 1. The first kappa shape index (κ1) is 23.1. The molecule has 1 aromatic heterocycles. The first-order valence-corrected chi connectivity index (χ1v) is 13.2. The largest absolute Gasteiger partial charge is 0.462 e. The molecule has 0 spiro atoms. The molecule has 4 fully saturated rings. The standard InChI is InChI=1S/C27H40N2O4/c1-4-33-25(31)18-14-28-29(15-18)16-24(30)23-8-7-22-21-6-5-17-13-26(2,32)11-9-19(17)20(21)10-12-27(22,23)3/h14-15,17,19-23,32H,4-13,16H2,1-3H3/t17-,19+,20-,21-,22+,23-,26-,27+/m1/s1. The molecule has 0 aromatic carbocycles. The zero-order chi connectivity index (χ0) is 23.4. The van der Waals surface area contributed by atoms with Crippen molar-refractivity contribution in [3.63, 3.8) is 0 Å². The van der Waals surface area contributed by atoms with Gasteiger partial charge in [0.1, 0.15) is 0 Å². The molecule has 1 N–H and O–H groups in total. The smallest absolute Gasteiger partial charge is 0.341 e. The Labute approximate surface area is 197 Å². The Morgan fingerprint density at radius 1 is 1.09 bits per heavy atom. The fourth-order valence-electron chi connectivity index (χ4n) is 8.65. The molecule has 6 heteroatoms. The van der Waals surface area contributed by atoms with E-state index >= 15 is 0 Å². The number of carbonyl (C=O) groups is 2. The fourth-order valence-corrected chi connectivity index (χ4v) is 8.65. The molecule has 8 atom stereocenters. The summed E-state index contributed by atoms with van der Waals surface area (Å²) >= 11 is 0. The Morgan fingerprint density at radius 2 is 1.88 bits per heavy atom. The van der Waals surface area contributed by atoms with Gasteiger partial charge in [-0.2, -0.15) is 5.10 Å². The molecule has 0 saturated heterocycles. The second kappa shape index (κ2) is 8.51. The topological polar surface area (TPSA) is 81.4 Å². The summed E-state index contributed by atoms with van der Waals surface area (Å²) in [6.07, 6.45) is 13.3. The molecule has 5 rings (SSSR count). The third kappa shape index (κ3) is 4.06.